The van der Waals surface area contributed by atoms with Crippen LogP contribution in [0.4, 0.5) is 0 Å². The summed E-state index contributed by atoms with van der Waals surface area (Å²) in [5.74, 6) is 0.111. The van der Waals surface area contributed by atoms with Gasteiger partial charge in [-0.05, 0) is 57.1 Å². The molecule has 1 rings (SSSR count). The minimum atomic E-state index is -0.501. The highest BCUT2D eigenvalue weighted by atomic mass is 16.6. The first-order valence-corrected chi connectivity index (χ1v) is 6.66. The molecule has 0 saturated carbocycles. The van der Waals surface area contributed by atoms with Gasteiger partial charge < -0.3 is 15.2 Å². The van der Waals surface area contributed by atoms with Gasteiger partial charge in [0.05, 0.1) is 13.0 Å². The number of nitrogens with two attached hydrogens (primary N) is 1. The van der Waals surface area contributed by atoms with Crippen LogP contribution in [-0.4, -0.2) is 25.2 Å². The maximum atomic E-state index is 12.1. The monoisotopic (exact) mass is 277 g/mol. The highest BCUT2D eigenvalue weighted by Gasteiger charge is 2.24. The molecule has 2 N–H and O–H groups in total. The van der Waals surface area contributed by atoms with Gasteiger partial charge in [0.2, 0.25) is 0 Å². The van der Waals surface area contributed by atoms with Crippen molar-refractivity contribution >= 4 is 5.97 Å². The minimum Gasteiger partial charge on any atom is -0.497 e. The molecule has 0 aromatic heterocycles. The largest absolute Gasteiger partial charge is 0.497 e. The van der Waals surface area contributed by atoms with E-state index < -0.39 is 5.60 Å². The van der Waals surface area contributed by atoms with Crippen molar-refractivity contribution < 1.29 is 14.3 Å². The number of hydrogen-bond donors (Lipinski definition) is 1. The van der Waals surface area contributed by atoms with E-state index in [0.717, 1.165) is 11.3 Å². The van der Waals surface area contributed by atoms with Gasteiger partial charge in [0.1, 0.15) is 11.4 Å². The quantitative estimate of drug-likeness (QED) is 0.619. The Bertz CT molecular complexity index is 474. The zero-order chi connectivity index (χ0) is 15.2. The molecule has 0 aliphatic heterocycles. The normalized spacial score (nSPS) is 16.1. The smallest absolute Gasteiger partial charge is 0.311 e. The Labute approximate surface area is 120 Å². The fourth-order valence-corrected chi connectivity index (χ4v) is 1.69. The van der Waals surface area contributed by atoms with Gasteiger partial charge >= 0.3 is 5.97 Å². The Balaban J connectivity index is 2.71. The van der Waals surface area contributed by atoms with Crippen LogP contribution >= 0.6 is 0 Å². The fourth-order valence-electron chi connectivity index (χ4n) is 1.69. The molecular weight excluding hydrogens is 254 g/mol. The lowest BCUT2D eigenvalue weighted by Gasteiger charge is -2.23. The van der Waals surface area contributed by atoms with E-state index >= 15 is 0 Å². The molecule has 0 amide bonds. The molecule has 1 unspecified atom stereocenters. The van der Waals surface area contributed by atoms with E-state index in [1.54, 1.807) is 13.2 Å². The molecule has 0 saturated heterocycles. The van der Waals surface area contributed by atoms with Crippen molar-refractivity contribution in [2.24, 2.45) is 11.7 Å². The van der Waals surface area contributed by atoms with Crippen molar-refractivity contribution in [3.8, 4) is 0 Å². The maximum absolute atomic E-state index is 12.1. The zero-order valence-corrected chi connectivity index (χ0v) is 12.6. The topological polar surface area (TPSA) is 61.5 Å². The Kier molecular flexibility index (Phi) is 5.81. The van der Waals surface area contributed by atoms with E-state index in [2.05, 4.69) is 5.73 Å². The molecule has 4 nitrogen and oxygen atoms in total. The van der Waals surface area contributed by atoms with Crippen LogP contribution in [0.15, 0.2) is 41.4 Å². The van der Waals surface area contributed by atoms with Crippen molar-refractivity contribution in [3.05, 3.63) is 41.4 Å². The third-order valence-corrected chi connectivity index (χ3v) is 2.69. The average molecular weight is 277 g/mol. The van der Waals surface area contributed by atoms with Gasteiger partial charge in [-0.1, -0.05) is 0 Å². The van der Waals surface area contributed by atoms with E-state index in [0.29, 0.717) is 6.42 Å². The zero-order valence-electron chi connectivity index (χ0n) is 12.6. The number of ether oxygens (including phenoxy) is 2. The van der Waals surface area contributed by atoms with Gasteiger partial charge in [-0.2, -0.15) is 0 Å². The second-order valence-corrected chi connectivity index (χ2v) is 5.61. The predicted octanol–water partition coefficient (Wildman–Crippen LogP) is 2.47. The Morgan fingerprint density at radius 1 is 1.40 bits per heavy atom. The van der Waals surface area contributed by atoms with Crippen LogP contribution in [0.1, 0.15) is 27.2 Å². The summed E-state index contributed by atoms with van der Waals surface area (Å²) in [5.41, 5.74) is 9.20. The molecule has 0 fully saturated rings. The molecule has 0 bridgehead atoms. The first-order valence-electron chi connectivity index (χ1n) is 6.66. The Hall–Kier alpha value is -1.77. The number of esters is 1. The van der Waals surface area contributed by atoms with Gasteiger partial charge in [0, 0.05) is 6.54 Å². The van der Waals surface area contributed by atoms with Crippen LogP contribution in [0.25, 0.3) is 0 Å². The van der Waals surface area contributed by atoms with E-state index in [-0.39, 0.29) is 18.4 Å². The number of methoxy groups -OCH3 is 1. The van der Waals surface area contributed by atoms with Crippen molar-refractivity contribution in [2.45, 2.75) is 32.8 Å². The van der Waals surface area contributed by atoms with Crippen molar-refractivity contribution in [1.29, 1.82) is 0 Å². The fraction of sp³-hybridized carbons (Fsp3) is 0.500. The lowest BCUT2D eigenvalue weighted by atomic mass is 9.99. The van der Waals surface area contributed by atoms with Gasteiger partial charge in [0.15, 0.2) is 0 Å². The van der Waals surface area contributed by atoms with Crippen LogP contribution in [-0.2, 0) is 14.3 Å². The summed E-state index contributed by atoms with van der Waals surface area (Å²) in [7, 11) is 1.61. The molecule has 0 radical (unpaired) electrons. The summed E-state index contributed by atoms with van der Waals surface area (Å²) in [5, 5.41) is 0. The van der Waals surface area contributed by atoms with Crippen LogP contribution in [0.5, 0.6) is 0 Å². The van der Waals surface area contributed by atoms with Crippen LogP contribution < -0.4 is 5.73 Å². The van der Waals surface area contributed by atoms with Crippen LogP contribution in [0.2, 0.25) is 0 Å². The Morgan fingerprint density at radius 2 is 2.10 bits per heavy atom. The first-order chi connectivity index (χ1) is 9.35. The molecule has 4 heteroatoms. The van der Waals surface area contributed by atoms with Crippen LogP contribution in [0, 0.1) is 5.92 Å². The van der Waals surface area contributed by atoms with Gasteiger partial charge in [0.25, 0.3) is 0 Å². The lowest BCUT2D eigenvalue weighted by Crippen LogP contribution is -2.32. The first kappa shape index (κ1) is 16.3. The summed E-state index contributed by atoms with van der Waals surface area (Å²) >= 11 is 0. The molecule has 110 valence electrons. The number of rotatable bonds is 5. The molecule has 0 aromatic rings. The highest BCUT2D eigenvalue weighted by Crippen LogP contribution is 2.18. The molecule has 1 atom stereocenters. The second-order valence-electron chi connectivity index (χ2n) is 5.61. The van der Waals surface area contributed by atoms with Gasteiger partial charge in [-0.25, -0.2) is 0 Å². The predicted molar refractivity (Wildman–Crippen MR) is 78.8 cm³/mol. The summed E-state index contributed by atoms with van der Waals surface area (Å²) < 4.78 is 10.5. The minimum absolute atomic E-state index is 0.249. The van der Waals surface area contributed by atoms with E-state index in [4.69, 9.17) is 15.2 Å². The van der Waals surface area contributed by atoms with Crippen molar-refractivity contribution in [2.75, 3.05) is 13.7 Å². The number of carbonyl (C=O) groups excluding carboxylic acids is 1. The van der Waals surface area contributed by atoms with Crippen molar-refractivity contribution in [1.82, 2.24) is 0 Å². The van der Waals surface area contributed by atoms with E-state index in [1.165, 1.54) is 0 Å². The number of carbonyl (C=O) groups is 1. The molecular formula is C16H23NO3. The van der Waals surface area contributed by atoms with Crippen molar-refractivity contribution in [3.63, 3.8) is 0 Å². The van der Waals surface area contributed by atoms with Crippen LogP contribution in [0.3, 0.4) is 0 Å². The molecule has 1 aliphatic carbocycles. The Morgan fingerprint density at radius 3 is 2.65 bits per heavy atom. The second kappa shape index (κ2) is 7.13. The average Bonchev–Trinajstić information content (AvgIpc) is 2.58. The third kappa shape index (κ3) is 5.47. The summed E-state index contributed by atoms with van der Waals surface area (Å²) in [4.78, 5) is 12.1. The molecule has 0 aromatic carbocycles. The standard InChI is InChI=1S/C16H23NO3/c1-16(2,3)20-15(18)13(11-17)10-12-6-5-7-14(19-4)9-8-12/h5,7-9,13H,10-11,17H2,1-4H3. The molecule has 0 spiro atoms. The molecule has 0 heterocycles. The molecule has 20 heavy (non-hydrogen) atoms. The third-order valence-electron chi connectivity index (χ3n) is 2.69. The van der Waals surface area contributed by atoms with E-state index in [1.807, 2.05) is 39.0 Å². The van der Waals surface area contributed by atoms with Gasteiger partial charge in [-0.3, -0.25) is 4.79 Å². The molecule has 1 aliphatic rings. The van der Waals surface area contributed by atoms with E-state index in [9.17, 15) is 4.79 Å². The number of hydrogen-bond acceptors (Lipinski definition) is 4. The maximum Gasteiger partial charge on any atom is 0.311 e. The lowest BCUT2D eigenvalue weighted by molar-refractivity contribution is -0.159. The summed E-state index contributed by atoms with van der Waals surface area (Å²) in [6.07, 6.45) is 7.81. The SMILES string of the molecule is COC1=CC=C=C(CC(CN)C(=O)OC(C)(C)C)C=C1. The number of allylic oxidation sites excluding steroid dienone is 4. The van der Waals surface area contributed by atoms with Gasteiger partial charge in [-0.15, -0.1) is 5.73 Å². The highest BCUT2D eigenvalue weighted by molar-refractivity contribution is 5.73. The summed E-state index contributed by atoms with van der Waals surface area (Å²) in [6.45, 7) is 5.78. The summed E-state index contributed by atoms with van der Waals surface area (Å²) in [6, 6.07) is 0.